The van der Waals surface area contributed by atoms with Crippen LogP contribution in [0.5, 0.6) is 5.75 Å². The molecule has 2 amide bonds. The lowest BCUT2D eigenvalue weighted by Crippen LogP contribution is -2.31. The summed E-state index contributed by atoms with van der Waals surface area (Å²) in [5.74, 6) is 0.172. The minimum Gasteiger partial charge on any atom is -0.497 e. The average molecular weight is 494 g/mol. The number of aliphatic imine (C=N–C) groups is 1. The third-order valence-electron chi connectivity index (χ3n) is 5.28. The van der Waals surface area contributed by atoms with E-state index in [1.165, 1.54) is 22.2 Å². The van der Waals surface area contributed by atoms with E-state index < -0.39 is 5.25 Å². The van der Waals surface area contributed by atoms with Crippen LogP contribution in [0.15, 0.2) is 83.9 Å². The van der Waals surface area contributed by atoms with E-state index in [-0.39, 0.29) is 18.2 Å². The quantitative estimate of drug-likeness (QED) is 0.270. The Hall–Kier alpha value is -3.29. The lowest BCUT2D eigenvalue weighted by Gasteiger charge is -2.16. The molecule has 34 heavy (non-hydrogen) atoms. The second kappa shape index (κ2) is 11.2. The smallest absolute Gasteiger partial charge is 0.247 e. The monoisotopic (exact) mass is 493 g/mol. The Morgan fingerprint density at radius 2 is 1.76 bits per heavy atom. The number of amides is 2. The molecule has 1 aliphatic heterocycles. The van der Waals surface area contributed by atoms with Crippen molar-refractivity contribution >= 4 is 51.7 Å². The van der Waals surface area contributed by atoms with Crippen molar-refractivity contribution in [3.8, 4) is 5.75 Å². The summed E-state index contributed by atoms with van der Waals surface area (Å²) >= 11 is 7.28. The minimum absolute atomic E-state index is 0.107. The fourth-order valence-electron chi connectivity index (χ4n) is 3.53. The van der Waals surface area contributed by atoms with Crippen LogP contribution in [0.25, 0.3) is 0 Å². The molecule has 0 saturated carbocycles. The Morgan fingerprint density at radius 3 is 2.44 bits per heavy atom. The number of imide groups is 1. The Morgan fingerprint density at radius 1 is 1.06 bits per heavy atom. The highest BCUT2D eigenvalue weighted by Crippen LogP contribution is 2.31. The van der Waals surface area contributed by atoms with Gasteiger partial charge in [-0.1, -0.05) is 53.7 Å². The van der Waals surface area contributed by atoms with Crippen molar-refractivity contribution < 1.29 is 14.3 Å². The molecule has 1 heterocycles. The van der Waals surface area contributed by atoms with Crippen molar-refractivity contribution in [3.05, 3.63) is 89.4 Å². The maximum atomic E-state index is 13.2. The predicted octanol–water partition coefficient (Wildman–Crippen LogP) is 5.42. The third-order valence-corrected chi connectivity index (χ3v) is 6.64. The highest BCUT2D eigenvalue weighted by atomic mass is 35.5. The zero-order chi connectivity index (χ0) is 23.9. The summed E-state index contributed by atoms with van der Waals surface area (Å²) in [6, 6.07) is 24.2. The second-order valence-corrected chi connectivity index (χ2v) is 9.26. The molecule has 3 aromatic rings. The zero-order valence-electron chi connectivity index (χ0n) is 18.6. The molecular weight excluding hydrogens is 470 g/mol. The Kier molecular flexibility index (Phi) is 7.87. The van der Waals surface area contributed by atoms with Gasteiger partial charge in [0.05, 0.1) is 12.8 Å². The first-order chi connectivity index (χ1) is 16.5. The van der Waals surface area contributed by atoms with Crippen LogP contribution in [0.2, 0.25) is 5.02 Å². The summed E-state index contributed by atoms with van der Waals surface area (Å²) < 4.78 is 5.17. The molecule has 0 aliphatic carbocycles. The van der Waals surface area contributed by atoms with Crippen molar-refractivity contribution in [3.63, 3.8) is 0 Å². The Labute approximate surface area is 208 Å². The van der Waals surface area contributed by atoms with E-state index in [4.69, 9.17) is 21.3 Å². The lowest BCUT2D eigenvalue weighted by molar-refractivity contribution is -0.121. The number of thioether (sulfide) groups is 1. The van der Waals surface area contributed by atoms with E-state index in [1.807, 2.05) is 30.3 Å². The van der Waals surface area contributed by atoms with Crippen LogP contribution >= 0.6 is 23.4 Å². The lowest BCUT2D eigenvalue weighted by atomic mass is 10.2. The number of carbonyl (C=O) groups excluding carboxylic acids is 2. The summed E-state index contributed by atoms with van der Waals surface area (Å²) in [5.41, 5.74) is 2.52. The van der Waals surface area contributed by atoms with Crippen LogP contribution in [0, 0.1) is 0 Å². The average Bonchev–Trinajstić information content (AvgIpc) is 3.13. The molecule has 6 nitrogen and oxygen atoms in total. The number of methoxy groups -OCH3 is 1. The van der Waals surface area contributed by atoms with Gasteiger partial charge in [-0.3, -0.25) is 14.6 Å². The number of hydrogen-bond acceptors (Lipinski definition) is 5. The molecular formula is C26H24ClN3O3S. The fraction of sp³-hybridized carbons (Fsp3) is 0.192. The molecule has 0 bridgehead atoms. The number of anilines is 2. The highest BCUT2D eigenvalue weighted by Gasteiger charge is 2.40. The van der Waals surface area contributed by atoms with Crippen molar-refractivity contribution in [2.75, 3.05) is 23.9 Å². The van der Waals surface area contributed by atoms with E-state index in [0.717, 1.165) is 12.1 Å². The number of rotatable bonds is 7. The van der Waals surface area contributed by atoms with Gasteiger partial charge in [0, 0.05) is 23.7 Å². The van der Waals surface area contributed by atoms with Gasteiger partial charge in [-0.25, -0.2) is 4.90 Å². The van der Waals surface area contributed by atoms with E-state index in [0.29, 0.717) is 28.2 Å². The number of benzene rings is 3. The van der Waals surface area contributed by atoms with Gasteiger partial charge in [0.15, 0.2) is 5.17 Å². The summed E-state index contributed by atoms with van der Waals surface area (Å²) in [4.78, 5) is 31.8. The maximum Gasteiger partial charge on any atom is 0.247 e. The molecule has 174 valence electrons. The third kappa shape index (κ3) is 5.98. The van der Waals surface area contributed by atoms with Gasteiger partial charge in [0.2, 0.25) is 11.8 Å². The molecule has 3 aromatic carbocycles. The van der Waals surface area contributed by atoms with Crippen LogP contribution < -0.4 is 15.0 Å². The normalized spacial score (nSPS) is 16.1. The van der Waals surface area contributed by atoms with Gasteiger partial charge in [0.25, 0.3) is 0 Å². The van der Waals surface area contributed by atoms with Crippen LogP contribution in [-0.2, 0) is 16.0 Å². The van der Waals surface area contributed by atoms with Crippen molar-refractivity contribution in [1.82, 2.24) is 0 Å². The topological polar surface area (TPSA) is 71.0 Å². The first-order valence-electron chi connectivity index (χ1n) is 10.8. The van der Waals surface area contributed by atoms with Crippen LogP contribution in [0.1, 0.15) is 12.0 Å². The molecule has 8 heteroatoms. The van der Waals surface area contributed by atoms with Gasteiger partial charge in [-0.2, -0.15) is 0 Å². The van der Waals surface area contributed by atoms with Crippen molar-refractivity contribution in [2.45, 2.75) is 18.1 Å². The fourth-order valence-corrected chi connectivity index (χ4v) is 4.70. The summed E-state index contributed by atoms with van der Waals surface area (Å²) in [6.45, 7) is 0.546. The largest absolute Gasteiger partial charge is 0.497 e. The molecule has 1 fully saturated rings. The van der Waals surface area contributed by atoms with E-state index in [1.54, 1.807) is 43.5 Å². The van der Waals surface area contributed by atoms with Gasteiger partial charge in [-0.05, 0) is 60.5 Å². The summed E-state index contributed by atoms with van der Waals surface area (Å²) in [7, 11) is 1.57. The number of carbonyl (C=O) groups is 2. The molecule has 4 rings (SSSR count). The molecule has 0 spiro atoms. The van der Waals surface area contributed by atoms with Crippen LogP contribution in [-0.4, -0.2) is 35.9 Å². The number of hydrogen-bond donors (Lipinski definition) is 1. The minimum atomic E-state index is -0.565. The second-order valence-electron chi connectivity index (χ2n) is 7.63. The number of nitrogens with zero attached hydrogens (tertiary/aromatic N) is 2. The van der Waals surface area contributed by atoms with Gasteiger partial charge in [0.1, 0.15) is 11.0 Å². The summed E-state index contributed by atoms with van der Waals surface area (Å²) in [6.07, 6.45) is 0.873. The van der Waals surface area contributed by atoms with E-state index in [9.17, 15) is 9.59 Å². The molecule has 0 radical (unpaired) electrons. The number of halogens is 1. The van der Waals surface area contributed by atoms with Crippen LogP contribution in [0.4, 0.5) is 11.4 Å². The standard InChI is InChI=1S/C26H24ClN3O3S/c1-33-22-13-11-21(12-14-22)30-24(31)17-23(25(30)32)34-26(29-20-9-7-19(27)8-10-20)28-16-15-18-5-3-2-4-6-18/h2-14,23H,15-17H2,1H3,(H,28,29)/t23-/m1/s1. The predicted molar refractivity (Wildman–Crippen MR) is 139 cm³/mol. The highest BCUT2D eigenvalue weighted by molar-refractivity contribution is 8.15. The number of amidine groups is 1. The van der Waals surface area contributed by atoms with Crippen LogP contribution in [0.3, 0.4) is 0 Å². The summed E-state index contributed by atoms with van der Waals surface area (Å²) in [5, 5.41) is 3.93. The van der Waals surface area contributed by atoms with Crippen molar-refractivity contribution in [1.29, 1.82) is 0 Å². The van der Waals surface area contributed by atoms with Crippen molar-refractivity contribution in [2.24, 2.45) is 4.99 Å². The molecule has 0 unspecified atom stereocenters. The molecule has 1 atom stereocenters. The maximum absolute atomic E-state index is 13.2. The van der Waals surface area contributed by atoms with Gasteiger partial charge >= 0.3 is 0 Å². The van der Waals surface area contributed by atoms with Gasteiger partial charge < -0.3 is 10.1 Å². The SMILES string of the molecule is COc1ccc(N2C(=O)C[C@@H](SC(=NCCc3ccccc3)Nc3ccc(Cl)cc3)C2=O)cc1. The van der Waals surface area contributed by atoms with Gasteiger partial charge in [-0.15, -0.1) is 0 Å². The number of ether oxygens (including phenoxy) is 1. The van der Waals surface area contributed by atoms with E-state index in [2.05, 4.69) is 17.4 Å². The number of nitrogens with one attached hydrogen (secondary N) is 1. The molecule has 1 saturated heterocycles. The Balaban J connectivity index is 1.49. The first kappa shape index (κ1) is 23.9. The first-order valence-corrected chi connectivity index (χ1v) is 12.1. The zero-order valence-corrected chi connectivity index (χ0v) is 20.2. The molecule has 1 N–H and O–H groups in total. The molecule has 0 aromatic heterocycles. The molecule has 1 aliphatic rings. The Bertz CT molecular complexity index is 1170. The van der Waals surface area contributed by atoms with E-state index >= 15 is 0 Å².